The Morgan fingerprint density at radius 3 is 2.65 bits per heavy atom. The molecular weight excluding hydrogens is 216 g/mol. The lowest BCUT2D eigenvalue weighted by Crippen LogP contribution is -2.41. The van der Waals surface area contributed by atoms with Crippen molar-refractivity contribution in [2.24, 2.45) is 11.7 Å². The van der Waals surface area contributed by atoms with Gasteiger partial charge in [-0.05, 0) is 25.7 Å². The molecule has 1 saturated carbocycles. The first-order valence-corrected chi connectivity index (χ1v) is 6.33. The van der Waals surface area contributed by atoms with Crippen molar-refractivity contribution in [3.05, 3.63) is 12.7 Å². The Labute approximate surface area is 104 Å². The molecule has 17 heavy (non-hydrogen) atoms. The van der Waals surface area contributed by atoms with Crippen LogP contribution in [0.3, 0.4) is 0 Å². The average molecular weight is 240 g/mol. The van der Waals surface area contributed by atoms with E-state index in [1.807, 2.05) is 4.90 Å². The Bertz CT molecular complexity index is 248. The molecule has 0 aromatic heterocycles. The van der Waals surface area contributed by atoms with Crippen molar-refractivity contribution in [3.8, 4) is 0 Å². The first kappa shape index (κ1) is 14.2. The van der Waals surface area contributed by atoms with Gasteiger partial charge in [0.05, 0.1) is 6.61 Å². The minimum Gasteiger partial charge on any atom is -0.383 e. The molecule has 1 aliphatic carbocycles. The molecule has 1 aliphatic rings. The minimum absolute atomic E-state index is 0.145. The number of methoxy groups -OCH3 is 1. The number of carbonyl (C=O) groups excluding carboxylic acids is 1. The van der Waals surface area contributed by atoms with Gasteiger partial charge in [-0.3, -0.25) is 4.79 Å². The summed E-state index contributed by atoms with van der Waals surface area (Å²) in [5, 5.41) is 0. The van der Waals surface area contributed by atoms with Crippen molar-refractivity contribution in [3.63, 3.8) is 0 Å². The zero-order chi connectivity index (χ0) is 12.7. The summed E-state index contributed by atoms with van der Waals surface area (Å²) in [7, 11) is 1.65. The average Bonchev–Trinajstić information content (AvgIpc) is 2.34. The third-order valence-corrected chi connectivity index (χ3v) is 3.35. The summed E-state index contributed by atoms with van der Waals surface area (Å²) in [6.45, 7) is 5.51. The zero-order valence-corrected chi connectivity index (χ0v) is 10.7. The van der Waals surface area contributed by atoms with E-state index in [0.717, 1.165) is 25.7 Å². The smallest absolute Gasteiger partial charge is 0.226 e. The van der Waals surface area contributed by atoms with Crippen LogP contribution in [-0.4, -0.2) is 43.7 Å². The highest BCUT2D eigenvalue weighted by atomic mass is 16.5. The van der Waals surface area contributed by atoms with Gasteiger partial charge in [-0.25, -0.2) is 0 Å². The number of nitrogens with zero attached hydrogens (tertiary/aromatic N) is 1. The number of nitrogens with two attached hydrogens (primary N) is 1. The van der Waals surface area contributed by atoms with Crippen molar-refractivity contribution >= 4 is 5.91 Å². The highest BCUT2D eigenvalue weighted by Gasteiger charge is 2.27. The molecule has 0 spiro atoms. The second-order valence-corrected chi connectivity index (χ2v) is 4.68. The summed E-state index contributed by atoms with van der Waals surface area (Å²) in [6, 6.07) is 0.283. The molecule has 98 valence electrons. The van der Waals surface area contributed by atoms with Crippen LogP contribution in [0.25, 0.3) is 0 Å². The summed E-state index contributed by atoms with van der Waals surface area (Å²) in [5.41, 5.74) is 5.85. The lowest BCUT2D eigenvalue weighted by molar-refractivity contribution is -0.136. The normalized spacial score (nSPS) is 24.4. The summed E-state index contributed by atoms with van der Waals surface area (Å²) < 4.78 is 5.03. The zero-order valence-electron chi connectivity index (χ0n) is 10.7. The second-order valence-electron chi connectivity index (χ2n) is 4.68. The number of hydrogen-bond donors (Lipinski definition) is 1. The molecule has 0 aromatic rings. The van der Waals surface area contributed by atoms with E-state index < -0.39 is 0 Å². The standard InChI is InChI=1S/C13H24N2O2/c1-3-8-15(9-10-17-2)13(16)11-4-6-12(14)7-5-11/h3,11-12H,1,4-10,14H2,2H3. The molecule has 0 radical (unpaired) electrons. The van der Waals surface area contributed by atoms with Crippen molar-refractivity contribution in [1.29, 1.82) is 0 Å². The highest BCUT2D eigenvalue weighted by molar-refractivity contribution is 5.79. The van der Waals surface area contributed by atoms with Gasteiger partial charge in [-0.1, -0.05) is 6.08 Å². The van der Waals surface area contributed by atoms with Crippen LogP contribution in [0, 0.1) is 5.92 Å². The van der Waals surface area contributed by atoms with Crippen LogP contribution in [0.1, 0.15) is 25.7 Å². The molecule has 1 amide bonds. The van der Waals surface area contributed by atoms with E-state index in [2.05, 4.69) is 6.58 Å². The van der Waals surface area contributed by atoms with Crippen LogP contribution >= 0.6 is 0 Å². The lowest BCUT2D eigenvalue weighted by atomic mass is 9.85. The number of carbonyl (C=O) groups is 1. The minimum atomic E-state index is 0.145. The molecule has 0 unspecified atom stereocenters. The Morgan fingerprint density at radius 2 is 2.12 bits per heavy atom. The summed E-state index contributed by atoms with van der Waals surface area (Å²) in [4.78, 5) is 14.1. The molecule has 0 saturated heterocycles. The molecular formula is C13H24N2O2. The fraction of sp³-hybridized carbons (Fsp3) is 0.769. The molecule has 0 aromatic carbocycles. The van der Waals surface area contributed by atoms with E-state index in [1.165, 1.54) is 0 Å². The Morgan fingerprint density at radius 1 is 1.47 bits per heavy atom. The molecule has 1 rings (SSSR count). The highest BCUT2D eigenvalue weighted by Crippen LogP contribution is 2.24. The Kier molecular flexibility index (Phi) is 6.22. The fourth-order valence-electron chi connectivity index (χ4n) is 2.27. The van der Waals surface area contributed by atoms with Crippen LogP contribution in [0.15, 0.2) is 12.7 Å². The van der Waals surface area contributed by atoms with Crippen LogP contribution in [0.5, 0.6) is 0 Å². The third-order valence-electron chi connectivity index (χ3n) is 3.35. The van der Waals surface area contributed by atoms with Gasteiger partial charge in [-0.15, -0.1) is 6.58 Å². The topological polar surface area (TPSA) is 55.6 Å². The molecule has 0 heterocycles. The SMILES string of the molecule is C=CCN(CCOC)C(=O)C1CCC(N)CC1. The van der Waals surface area contributed by atoms with Crippen LogP contribution < -0.4 is 5.73 Å². The predicted octanol–water partition coefficient (Wildman–Crippen LogP) is 1.16. The Hall–Kier alpha value is -0.870. The van der Waals surface area contributed by atoms with Crippen molar-refractivity contribution in [1.82, 2.24) is 4.90 Å². The van der Waals surface area contributed by atoms with E-state index >= 15 is 0 Å². The van der Waals surface area contributed by atoms with E-state index in [-0.39, 0.29) is 17.9 Å². The lowest BCUT2D eigenvalue weighted by Gasteiger charge is -2.30. The third kappa shape index (κ3) is 4.48. The monoisotopic (exact) mass is 240 g/mol. The maximum atomic E-state index is 12.3. The van der Waals surface area contributed by atoms with Gasteiger partial charge in [0.2, 0.25) is 5.91 Å². The molecule has 4 nitrogen and oxygen atoms in total. The number of amides is 1. The van der Waals surface area contributed by atoms with Crippen molar-refractivity contribution in [2.45, 2.75) is 31.7 Å². The van der Waals surface area contributed by atoms with Crippen molar-refractivity contribution < 1.29 is 9.53 Å². The van der Waals surface area contributed by atoms with Gasteiger partial charge in [0.25, 0.3) is 0 Å². The predicted molar refractivity (Wildman–Crippen MR) is 68.6 cm³/mol. The first-order chi connectivity index (χ1) is 8.19. The van der Waals surface area contributed by atoms with Crippen LogP contribution in [-0.2, 0) is 9.53 Å². The van der Waals surface area contributed by atoms with Crippen LogP contribution in [0.2, 0.25) is 0 Å². The van der Waals surface area contributed by atoms with Gasteiger partial charge < -0.3 is 15.4 Å². The largest absolute Gasteiger partial charge is 0.383 e. The number of rotatable bonds is 6. The van der Waals surface area contributed by atoms with Gasteiger partial charge >= 0.3 is 0 Å². The van der Waals surface area contributed by atoms with E-state index in [9.17, 15) is 4.79 Å². The molecule has 2 N–H and O–H groups in total. The molecule has 0 bridgehead atoms. The van der Waals surface area contributed by atoms with E-state index in [0.29, 0.717) is 19.7 Å². The van der Waals surface area contributed by atoms with Gasteiger partial charge in [-0.2, -0.15) is 0 Å². The van der Waals surface area contributed by atoms with Crippen molar-refractivity contribution in [2.75, 3.05) is 26.8 Å². The van der Waals surface area contributed by atoms with E-state index in [4.69, 9.17) is 10.5 Å². The van der Waals surface area contributed by atoms with Crippen LogP contribution in [0.4, 0.5) is 0 Å². The summed E-state index contributed by atoms with van der Waals surface area (Å²) in [5.74, 6) is 0.375. The summed E-state index contributed by atoms with van der Waals surface area (Å²) in [6.07, 6.45) is 5.52. The quantitative estimate of drug-likeness (QED) is 0.709. The maximum Gasteiger partial charge on any atom is 0.226 e. The first-order valence-electron chi connectivity index (χ1n) is 6.33. The van der Waals surface area contributed by atoms with Gasteiger partial charge in [0.15, 0.2) is 0 Å². The summed E-state index contributed by atoms with van der Waals surface area (Å²) >= 11 is 0. The molecule has 0 atom stereocenters. The molecule has 4 heteroatoms. The second kappa shape index (κ2) is 7.45. The van der Waals surface area contributed by atoms with Gasteiger partial charge in [0.1, 0.15) is 0 Å². The van der Waals surface area contributed by atoms with Gasteiger partial charge in [0, 0.05) is 32.2 Å². The Balaban J connectivity index is 2.48. The fourth-order valence-corrected chi connectivity index (χ4v) is 2.27. The number of hydrogen-bond acceptors (Lipinski definition) is 3. The number of ether oxygens (including phenoxy) is 1. The maximum absolute atomic E-state index is 12.3. The molecule has 1 fully saturated rings. The van der Waals surface area contributed by atoms with E-state index in [1.54, 1.807) is 13.2 Å². The molecule has 0 aliphatic heterocycles.